The average Bonchev–Trinajstić information content (AvgIpc) is 2.89. The molecule has 0 radical (unpaired) electrons. The number of amides is 2. The molecule has 1 aromatic rings. The molecule has 2 N–H and O–H groups in total. The van der Waals surface area contributed by atoms with Gasteiger partial charge in [0, 0.05) is 17.3 Å². The molecule has 2 unspecified atom stereocenters. The lowest BCUT2D eigenvalue weighted by Crippen LogP contribution is -2.51. The maximum absolute atomic E-state index is 12.5. The Balaban J connectivity index is 1.62. The summed E-state index contributed by atoms with van der Waals surface area (Å²) >= 11 is 5.98. The van der Waals surface area contributed by atoms with Crippen LogP contribution in [0.1, 0.15) is 25.7 Å². The maximum atomic E-state index is 12.5. The Labute approximate surface area is 135 Å². The molecule has 2 aliphatic rings. The van der Waals surface area contributed by atoms with E-state index in [1.54, 1.807) is 17.0 Å². The maximum Gasteiger partial charge on any atom is 0.249 e. The Kier molecular flexibility index (Phi) is 4.64. The van der Waals surface area contributed by atoms with Crippen LogP contribution in [-0.2, 0) is 9.59 Å². The number of anilines is 1. The van der Waals surface area contributed by atoms with Gasteiger partial charge >= 0.3 is 0 Å². The number of halogens is 1. The van der Waals surface area contributed by atoms with Crippen molar-refractivity contribution < 1.29 is 9.59 Å². The second kappa shape index (κ2) is 6.67. The van der Waals surface area contributed by atoms with Crippen LogP contribution in [0.5, 0.6) is 0 Å². The third-order valence-electron chi connectivity index (χ3n) is 4.27. The van der Waals surface area contributed by atoms with Crippen molar-refractivity contribution in [3.05, 3.63) is 29.3 Å². The Morgan fingerprint density at radius 3 is 2.91 bits per heavy atom. The quantitative estimate of drug-likeness (QED) is 0.891. The lowest BCUT2D eigenvalue weighted by atomic mass is 10.0. The number of carbonyl (C=O) groups excluding carboxylic acids is 2. The molecule has 2 atom stereocenters. The van der Waals surface area contributed by atoms with Gasteiger partial charge < -0.3 is 15.5 Å². The van der Waals surface area contributed by atoms with Crippen molar-refractivity contribution in [1.82, 2.24) is 10.6 Å². The largest absolute Gasteiger partial charge is 0.343 e. The number of hydrogen-bond donors (Lipinski definition) is 2. The average molecular weight is 322 g/mol. The lowest BCUT2D eigenvalue weighted by molar-refractivity contribution is -0.128. The van der Waals surface area contributed by atoms with Crippen molar-refractivity contribution >= 4 is 29.1 Å². The second-order valence-corrected chi connectivity index (χ2v) is 6.26. The fraction of sp³-hybridized carbons (Fsp3) is 0.500. The van der Waals surface area contributed by atoms with Gasteiger partial charge in [0.05, 0.1) is 6.04 Å². The van der Waals surface area contributed by atoms with E-state index in [1.807, 2.05) is 12.1 Å². The smallest absolute Gasteiger partial charge is 0.249 e. The summed E-state index contributed by atoms with van der Waals surface area (Å²) in [7, 11) is 0. The van der Waals surface area contributed by atoms with Gasteiger partial charge in [-0.2, -0.15) is 0 Å². The molecule has 118 valence electrons. The first-order valence-corrected chi connectivity index (χ1v) is 8.13. The molecule has 22 heavy (non-hydrogen) atoms. The van der Waals surface area contributed by atoms with E-state index in [9.17, 15) is 9.59 Å². The monoisotopic (exact) mass is 321 g/mol. The van der Waals surface area contributed by atoms with Crippen molar-refractivity contribution in [2.75, 3.05) is 18.0 Å². The summed E-state index contributed by atoms with van der Waals surface area (Å²) in [6.07, 6.45) is 3.63. The van der Waals surface area contributed by atoms with Gasteiger partial charge in [0.1, 0.15) is 6.04 Å². The number of benzene rings is 1. The molecule has 2 heterocycles. The van der Waals surface area contributed by atoms with E-state index in [0.29, 0.717) is 18.0 Å². The number of carbonyl (C=O) groups is 2. The van der Waals surface area contributed by atoms with Gasteiger partial charge in [-0.3, -0.25) is 9.59 Å². The van der Waals surface area contributed by atoms with Crippen LogP contribution in [0.15, 0.2) is 24.3 Å². The molecule has 0 bridgehead atoms. The molecule has 0 saturated carbocycles. The van der Waals surface area contributed by atoms with Crippen molar-refractivity contribution in [1.29, 1.82) is 0 Å². The van der Waals surface area contributed by atoms with Crippen molar-refractivity contribution in [3.63, 3.8) is 0 Å². The highest BCUT2D eigenvalue weighted by Crippen LogP contribution is 2.24. The fourth-order valence-corrected chi connectivity index (χ4v) is 3.25. The molecule has 2 amide bonds. The van der Waals surface area contributed by atoms with Gasteiger partial charge in [-0.25, -0.2) is 0 Å². The summed E-state index contributed by atoms with van der Waals surface area (Å²) in [5, 5.41) is 6.69. The third-order valence-corrected chi connectivity index (χ3v) is 4.50. The van der Waals surface area contributed by atoms with Crippen molar-refractivity contribution in [3.8, 4) is 0 Å². The van der Waals surface area contributed by atoms with Gasteiger partial charge in [0.2, 0.25) is 11.8 Å². The van der Waals surface area contributed by atoms with Gasteiger partial charge in [-0.15, -0.1) is 0 Å². The van der Waals surface area contributed by atoms with Crippen LogP contribution < -0.4 is 15.5 Å². The molecule has 3 rings (SSSR count). The number of nitrogens with one attached hydrogen (secondary N) is 2. The van der Waals surface area contributed by atoms with Gasteiger partial charge in [0.15, 0.2) is 0 Å². The van der Waals surface area contributed by atoms with Crippen LogP contribution in [0.25, 0.3) is 0 Å². The molecule has 2 saturated heterocycles. The Hall–Kier alpha value is -1.59. The van der Waals surface area contributed by atoms with Crippen LogP contribution in [0.2, 0.25) is 5.02 Å². The highest BCUT2D eigenvalue weighted by atomic mass is 35.5. The molecule has 1 aromatic carbocycles. The van der Waals surface area contributed by atoms with E-state index in [-0.39, 0.29) is 17.9 Å². The minimum absolute atomic E-state index is 0.0635. The summed E-state index contributed by atoms with van der Waals surface area (Å²) in [5.74, 6) is -0.127. The predicted molar refractivity (Wildman–Crippen MR) is 86.0 cm³/mol. The van der Waals surface area contributed by atoms with Gasteiger partial charge in [0.25, 0.3) is 0 Å². The first kappa shape index (κ1) is 15.3. The van der Waals surface area contributed by atoms with Gasteiger partial charge in [-0.05, 0) is 44.0 Å². The van der Waals surface area contributed by atoms with Gasteiger partial charge in [-0.1, -0.05) is 24.1 Å². The lowest BCUT2D eigenvalue weighted by Gasteiger charge is -2.24. The summed E-state index contributed by atoms with van der Waals surface area (Å²) in [6, 6.07) is 6.63. The number of rotatable bonds is 3. The molecule has 0 aliphatic carbocycles. The molecule has 2 aliphatic heterocycles. The van der Waals surface area contributed by atoms with E-state index in [2.05, 4.69) is 10.6 Å². The van der Waals surface area contributed by atoms with E-state index in [4.69, 9.17) is 11.6 Å². The highest BCUT2D eigenvalue weighted by Gasteiger charge is 2.35. The number of piperidine rings is 1. The molecule has 0 spiro atoms. The van der Waals surface area contributed by atoms with Crippen LogP contribution >= 0.6 is 11.6 Å². The molecular formula is C16H20ClN3O2. The Morgan fingerprint density at radius 2 is 2.18 bits per heavy atom. The molecule has 6 heteroatoms. The highest BCUT2D eigenvalue weighted by molar-refractivity contribution is 6.31. The minimum Gasteiger partial charge on any atom is -0.343 e. The van der Waals surface area contributed by atoms with Crippen LogP contribution in [0.3, 0.4) is 0 Å². The van der Waals surface area contributed by atoms with Crippen molar-refractivity contribution in [2.24, 2.45) is 0 Å². The van der Waals surface area contributed by atoms with E-state index in [0.717, 1.165) is 31.5 Å². The normalized spacial score (nSPS) is 25.3. The Morgan fingerprint density at radius 1 is 1.32 bits per heavy atom. The Bertz CT molecular complexity index is 572. The predicted octanol–water partition coefficient (Wildman–Crippen LogP) is 1.70. The third kappa shape index (κ3) is 3.25. The summed E-state index contributed by atoms with van der Waals surface area (Å²) in [6.45, 7) is 1.47. The number of hydrogen-bond acceptors (Lipinski definition) is 3. The van der Waals surface area contributed by atoms with E-state index >= 15 is 0 Å². The van der Waals surface area contributed by atoms with Crippen LogP contribution in [0, 0.1) is 0 Å². The zero-order valence-electron chi connectivity index (χ0n) is 12.3. The molecule has 0 aromatic heterocycles. The summed E-state index contributed by atoms with van der Waals surface area (Å²) in [5.41, 5.74) is 0.782. The fourth-order valence-electron chi connectivity index (χ4n) is 3.06. The van der Waals surface area contributed by atoms with E-state index in [1.165, 1.54) is 0 Å². The summed E-state index contributed by atoms with van der Waals surface area (Å²) < 4.78 is 0. The van der Waals surface area contributed by atoms with Crippen molar-refractivity contribution in [2.45, 2.75) is 37.8 Å². The zero-order valence-corrected chi connectivity index (χ0v) is 13.1. The second-order valence-electron chi connectivity index (χ2n) is 5.82. The molecule has 2 fully saturated rings. The SMILES string of the molecule is O=C(NC1CCN(c2cccc(Cl)c2)C1=O)C1CCCCN1. The topological polar surface area (TPSA) is 61.4 Å². The molecular weight excluding hydrogens is 302 g/mol. The van der Waals surface area contributed by atoms with Crippen LogP contribution in [-0.4, -0.2) is 37.0 Å². The molecule has 5 nitrogen and oxygen atoms in total. The minimum atomic E-state index is -0.435. The van der Waals surface area contributed by atoms with E-state index < -0.39 is 6.04 Å². The summed E-state index contributed by atoms with van der Waals surface area (Å²) in [4.78, 5) is 26.4. The van der Waals surface area contributed by atoms with Crippen LogP contribution in [0.4, 0.5) is 5.69 Å². The zero-order chi connectivity index (χ0) is 15.5. The first-order valence-electron chi connectivity index (χ1n) is 7.76. The standard InChI is InChI=1S/C16H20ClN3O2/c17-11-4-3-5-12(10-11)20-9-7-14(16(20)22)19-15(21)13-6-1-2-8-18-13/h3-5,10,13-14,18H,1-2,6-9H2,(H,19,21). The number of nitrogens with zero attached hydrogens (tertiary/aromatic N) is 1. The first-order chi connectivity index (χ1) is 10.6.